The standard InChI is InChI=1S/C14H14N2O3S/c1-2-19-13(18)11(12-8-20-14(15)16-12)7-9-3-5-10(17)6-4-9/h3-8,17H,2H2,1H3,(H2,15,16)/b11-7-. The highest BCUT2D eigenvalue weighted by Gasteiger charge is 2.16. The van der Waals surface area contributed by atoms with Gasteiger partial charge in [-0.05, 0) is 30.7 Å². The summed E-state index contributed by atoms with van der Waals surface area (Å²) in [5.41, 5.74) is 7.18. The van der Waals surface area contributed by atoms with Crippen molar-refractivity contribution in [2.75, 3.05) is 12.3 Å². The number of carbonyl (C=O) groups is 1. The van der Waals surface area contributed by atoms with Crippen LogP contribution < -0.4 is 5.73 Å². The van der Waals surface area contributed by atoms with E-state index < -0.39 is 5.97 Å². The van der Waals surface area contributed by atoms with Crippen LogP contribution in [0.2, 0.25) is 0 Å². The van der Waals surface area contributed by atoms with E-state index in [1.165, 1.54) is 11.3 Å². The Hall–Kier alpha value is -2.34. The molecule has 0 saturated carbocycles. The smallest absolute Gasteiger partial charge is 0.340 e. The summed E-state index contributed by atoms with van der Waals surface area (Å²) in [6, 6.07) is 6.49. The topological polar surface area (TPSA) is 85.4 Å². The molecular weight excluding hydrogens is 276 g/mol. The summed E-state index contributed by atoms with van der Waals surface area (Å²) in [6.07, 6.45) is 1.66. The minimum absolute atomic E-state index is 0.165. The molecule has 0 amide bonds. The van der Waals surface area contributed by atoms with Crippen molar-refractivity contribution in [1.82, 2.24) is 4.98 Å². The molecule has 0 spiro atoms. The molecule has 0 aliphatic rings. The van der Waals surface area contributed by atoms with Crippen LogP contribution in [-0.4, -0.2) is 22.7 Å². The molecule has 0 fully saturated rings. The maximum absolute atomic E-state index is 12.0. The highest BCUT2D eigenvalue weighted by molar-refractivity contribution is 7.13. The Morgan fingerprint density at radius 3 is 2.70 bits per heavy atom. The van der Waals surface area contributed by atoms with Gasteiger partial charge in [0.1, 0.15) is 5.75 Å². The first-order chi connectivity index (χ1) is 9.60. The summed E-state index contributed by atoms with van der Waals surface area (Å²) in [5.74, 6) is -0.288. The van der Waals surface area contributed by atoms with Gasteiger partial charge in [-0.1, -0.05) is 12.1 Å². The van der Waals surface area contributed by atoms with E-state index in [2.05, 4.69) is 4.98 Å². The second-order valence-corrected chi connectivity index (χ2v) is 4.83. The number of aromatic hydroxyl groups is 1. The third kappa shape index (κ3) is 3.36. The Bertz CT molecular complexity index is 632. The van der Waals surface area contributed by atoms with Gasteiger partial charge in [-0.2, -0.15) is 0 Å². The molecule has 1 heterocycles. The normalized spacial score (nSPS) is 11.3. The van der Waals surface area contributed by atoms with Gasteiger partial charge in [0, 0.05) is 5.38 Å². The average molecular weight is 290 g/mol. The van der Waals surface area contributed by atoms with E-state index in [0.29, 0.717) is 16.4 Å². The van der Waals surface area contributed by atoms with Crippen molar-refractivity contribution in [2.24, 2.45) is 0 Å². The van der Waals surface area contributed by atoms with Gasteiger partial charge in [-0.25, -0.2) is 9.78 Å². The van der Waals surface area contributed by atoms with Gasteiger partial charge in [-0.15, -0.1) is 11.3 Å². The molecule has 0 bridgehead atoms. The minimum Gasteiger partial charge on any atom is -0.508 e. The molecule has 0 unspecified atom stereocenters. The van der Waals surface area contributed by atoms with E-state index in [4.69, 9.17) is 10.5 Å². The number of phenolic OH excluding ortho intramolecular Hbond substituents is 1. The van der Waals surface area contributed by atoms with E-state index in [0.717, 1.165) is 5.56 Å². The van der Waals surface area contributed by atoms with Crippen LogP contribution in [0.3, 0.4) is 0 Å². The highest BCUT2D eigenvalue weighted by Crippen LogP contribution is 2.23. The van der Waals surface area contributed by atoms with Gasteiger partial charge in [0.25, 0.3) is 0 Å². The Balaban J connectivity index is 2.40. The number of hydrogen-bond acceptors (Lipinski definition) is 6. The summed E-state index contributed by atoms with van der Waals surface area (Å²) in [4.78, 5) is 16.1. The number of hydrogen-bond donors (Lipinski definition) is 2. The molecule has 1 aromatic carbocycles. The number of ether oxygens (including phenoxy) is 1. The molecule has 1 aromatic heterocycles. The highest BCUT2D eigenvalue weighted by atomic mass is 32.1. The zero-order valence-corrected chi connectivity index (χ0v) is 11.7. The molecule has 0 aliphatic heterocycles. The molecule has 20 heavy (non-hydrogen) atoms. The van der Waals surface area contributed by atoms with Crippen molar-refractivity contribution >= 4 is 34.1 Å². The van der Waals surface area contributed by atoms with E-state index in [1.807, 2.05) is 0 Å². The van der Waals surface area contributed by atoms with Crippen molar-refractivity contribution in [2.45, 2.75) is 6.92 Å². The maximum Gasteiger partial charge on any atom is 0.340 e. The summed E-state index contributed by atoms with van der Waals surface area (Å²) >= 11 is 1.26. The number of phenols is 1. The van der Waals surface area contributed by atoms with E-state index in [-0.39, 0.29) is 12.4 Å². The number of nitrogens with two attached hydrogens (primary N) is 1. The minimum atomic E-state index is -0.453. The van der Waals surface area contributed by atoms with Crippen molar-refractivity contribution in [3.05, 3.63) is 40.9 Å². The van der Waals surface area contributed by atoms with Crippen LogP contribution in [-0.2, 0) is 9.53 Å². The first-order valence-corrected chi connectivity index (χ1v) is 6.87. The lowest BCUT2D eigenvalue weighted by Gasteiger charge is -2.05. The summed E-state index contributed by atoms with van der Waals surface area (Å²) in [7, 11) is 0. The third-order valence-corrected chi connectivity index (χ3v) is 3.17. The average Bonchev–Trinajstić information content (AvgIpc) is 2.84. The Kier molecular flexibility index (Phi) is 4.37. The SMILES string of the molecule is CCOC(=O)/C(=C\c1ccc(O)cc1)c1csc(N)n1. The van der Waals surface area contributed by atoms with Gasteiger partial charge >= 0.3 is 5.97 Å². The largest absolute Gasteiger partial charge is 0.508 e. The first-order valence-electron chi connectivity index (χ1n) is 5.99. The Morgan fingerprint density at radius 2 is 2.15 bits per heavy atom. The molecule has 0 radical (unpaired) electrons. The number of rotatable bonds is 4. The molecule has 0 aliphatic carbocycles. The van der Waals surface area contributed by atoms with Crippen molar-refractivity contribution in [3.63, 3.8) is 0 Å². The molecular formula is C14H14N2O3S. The quantitative estimate of drug-likeness (QED) is 0.667. The number of benzene rings is 1. The lowest BCUT2D eigenvalue weighted by Crippen LogP contribution is -2.07. The Labute approximate surface area is 120 Å². The molecule has 0 atom stereocenters. The molecule has 2 aromatic rings. The third-order valence-electron chi connectivity index (χ3n) is 2.50. The molecule has 6 heteroatoms. The fourth-order valence-corrected chi connectivity index (χ4v) is 2.16. The molecule has 3 N–H and O–H groups in total. The number of thiazole rings is 1. The van der Waals surface area contributed by atoms with Crippen LogP contribution >= 0.6 is 11.3 Å². The van der Waals surface area contributed by atoms with E-state index in [1.54, 1.807) is 42.6 Å². The number of aromatic nitrogens is 1. The van der Waals surface area contributed by atoms with Gasteiger partial charge in [0.2, 0.25) is 0 Å². The molecule has 104 valence electrons. The second kappa shape index (κ2) is 6.21. The van der Waals surface area contributed by atoms with Gasteiger partial charge in [0.15, 0.2) is 5.13 Å². The molecule has 2 rings (SSSR count). The second-order valence-electron chi connectivity index (χ2n) is 3.94. The number of esters is 1. The van der Waals surface area contributed by atoms with Crippen LogP contribution in [0.5, 0.6) is 5.75 Å². The van der Waals surface area contributed by atoms with Gasteiger partial charge in [0.05, 0.1) is 17.9 Å². The number of anilines is 1. The van der Waals surface area contributed by atoms with Crippen LogP contribution in [0.25, 0.3) is 11.6 Å². The summed E-state index contributed by atoms with van der Waals surface area (Å²) < 4.78 is 5.03. The number of carbonyl (C=O) groups excluding carboxylic acids is 1. The fourth-order valence-electron chi connectivity index (χ4n) is 1.59. The van der Waals surface area contributed by atoms with Crippen molar-refractivity contribution in [1.29, 1.82) is 0 Å². The van der Waals surface area contributed by atoms with Gasteiger partial charge in [-0.3, -0.25) is 0 Å². The zero-order valence-electron chi connectivity index (χ0n) is 10.9. The number of nitrogen functional groups attached to an aromatic ring is 1. The van der Waals surface area contributed by atoms with Crippen LogP contribution in [0.4, 0.5) is 5.13 Å². The summed E-state index contributed by atoms with van der Waals surface area (Å²) in [5, 5.41) is 11.4. The maximum atomic E-state index is 12.0. The number of nitrogens with zero attached hydrogens (tertiary/aromatic N) is 1. The van der Waals surface area contributed by atoms with E-state index >= 15 is 0 Å². The Morgan fingerprint density at radius 1 is 1.45 bits per heavy atom. The monoisotopic (exact) mass is 290 g/mol. The van der Waals surface area contributed by atoms with Crippen LogP contribution in [0.15, 0.2) is 29.6 Å². The first kappa shape index (κ1) is 14.1. The van der Waals surface area contributed by atoms with Gasteiger partial charge < -0.3 is 15.6 Å². The lowest BCUT2D eigenvalue weighted by molar-refractivity contribution is -0.136. The van der Waals surface area contributed by atoms with Crippen molar-refractivity contribution < 1.29 is 14.6 Å². The van der Waals surface area contributed by atoms with Crippen LogP contribution in [0, 0.1) is 0 Å². The summed E-state index contributed by atoms with van der Waals surface area (Å²) in [6.45, 7) is 2.02. The van der Waals surface area contributed by atoms with Crippen molar-refractivity contribution in [3.8, 4) is 5.75 Å². The predicted octanol–water partition coefficient (Wildman–Crippen LogP) is 2.53. The van der Waals surface area contributed by atoms with Crippen LogP contribution in [0.1, 0.15) is 18.2 Å². The predicted molar refractivity (Wildman–Crippen MR) is 79.1 cm³/mol. The lowest BCUT2D eigenvalue weighted by atomic mass is 10.1. The zero-order chi connectivity index (χ0) is 14.5. The van der Waals surface area contributed by atoms with E-state index in [9.17, 15) is 9.90 Å². The molecule has 5 nitrogen and oxygen atoms in total. The molecule has 0 saturated heterocycles. The fraction of sp³-hybridized carbons (Fsp3) is 0.143.